The Morgan fingerprint density at radius 3 is 2.65 bits per heavy atom. The normalized spacial score (nSPS) is 14.5. The van der Waals surface area contributed by atoms with Gasteiger partial charge in [-0.1, -0.05) is 42.5 Å². The summed E-state index contributed by atoms with van der Waals surface area (Å²) in [6, 6.07) is 24.0. The molecule has 0 saturated heterocycles. The molecule has 0 saturated carbocycles. The molecule has 6 aromatic rings. The van der Waals surface area contributed by atoms with E-state index in [9.17, 15) is 0 Å². The Balaban J connectivity index is 1.51. The number of benzene rings is 3. The van der Waals surface area contributed by atoms with Crippen LogP contribution in [0.4, 0.5) is 5.69 Å². The first kappa shape index (κ1) is 18.8. The summed E-state index contributed by atoms with van der Waals surface area (Å²) < 4.78 is 8.16. The van der Waals surface area contributed by atoms with Crippen molar-refractivity contribution in [1.29, 1.82) is 0 Å². The van der Waals surface area contributed by atoms with E-state index in [0.29, 0.717) is 23.0 Å². The SMILES string of the molecule is Nc1ccc(-c2nc3c4c(ncn3n2)Oc2c(ccc3ccccc23)C4c2cccnc2)cc1. The molecule has 7 rings (SSSR count). The Labute approximate surface area is 194 Å². The van der Waals surface area contributed by atoms with E-state index < -0.39 is 0 Å². The molecule has 0 fully saturated rings. The Kier molecular flexibility index (Phi) is 3.92. The van der Waals surface area contributed by atoms with Crippen LogP contribution < -0.4 is 10.5 Å². The summed E-state index contributed by atoms with van der Waals surface area (Å²) >= 11 is 0. The number of ether oxygens (including phenoxy) is 1. The van der Waals surface area contributed by atoms with Gasteiger partial charge in [-0.3, -0.25) is 4.98 Å². The van der Waals surface area contributed by atoms with Crippen LogP contribution in [-0.4, -0.2) is 24.6 Å². The fraction of sp³-hybridized carbons (Fsp3) is 0.0370. The highest BCUT2D eigenvalue weighted by atomic mass is 16.5. The number of nitrogen functional groups attached to an aromatic ring is 1. The second-order valence-electron chi connectivity index (χ2n) is 8.32. The van der Waals surface area contributed by atoms with Crippen LogP contribution in [0.2, 0.25) is 0 Å². The van der Waals surface area contributed by atoms with Crippen molar-refractivity contribution in [2.75, 3.05) is 5.73 Å². The van der Waals surface area contributed by atoms with Gasteiger partial charge >= 0.3 is 0 Å². The number of hydrogen-bond acceptors (Lipinski definition) is 6. The molecule has 0 amide bonds. The third-order valence-electron chi connectivity index (χ3n) is 6.28. The summed E-state index contributed by atoms with van der Waals surface area (Å²) in [6.07, 6.45) is 5.32. The van der Waals surface area contributed by atoms with E-state index in [-0.39, 0.29) is 5.92 Å². The van der Waals surface area contributed by atoms with Crippen LogP contribution in [-0.2, 0) is 0 Å². The lowest BCUT2D eigenvalue weighted by Crippen LogP contribution is -2.15. The fourth-order valence-electron chi connectivity index (χ4n) is 4.69. The van der Waals surface area contributed by atoms with Gasteiger partial charge in [0.05, 0.1) is 5.56 Å². The van der Waals surface area contributed by atoms with E-state index in [2.05, 4.69) is 45.4 Å². The molecular formula is C27H18N6O. The molecule has 3 aromatic carbocycles. The van der Waals surface area contributed by atoms with Gasteiger partial charge in [0.25, 0.3) is 0 Å². The highest BCUT2D eigenvalue weighted by Gasteiger charge is 2.34. The first-order valence-corrected chi connectivity index (χ1v) is 11.0. The quantitative estimate of drug-likeness (QED) is 0.370. The highest BCUT2D eigenvalue weighted by molar-refractivity contribution is 5.91. The first-order chi connectivity index (χ1) is 16.8. The molecule has 1 unspecified atom stereocenters. The summed E-state index contributed by atoms with van der Waals surface area (Å²) in [7, 11) is 0. The van der Waals surface area contributed by atoms with Crippen molar-refractivity contribution >= 4 is 22.1 Å². The summed E-state index contributed by atoms with van der Waals surface area (Å²) in [6.45, 7) is 0. The van der Waals surface area contributed by atoms with Crippen molar-refractivity contribution < 1.29 is 4.74 Å². The van der Waals surface area contributed by atoms with E-state index in [1.165, 1.54) is 0 Å². The zero-order valence-electron chi connectivity index (χ0n) is 18.0. The number of nitrogens with zero attached hydrogens (tertiary/aromatic N) is 5. The number of fused-ring (bicyclic) bond motifs is 6. The zero-order chi connectivity index (χ0) is 22.6. The van der Waals surface area contributed by atoms with Crippen LogP contribution in [0, 0.1) is 0 Å². The predicted octanol–water partition coefficient (Wildman–Crippen LogP) is 5.21. The standard InChI is InChI=1S/C27H18N6O/c28-19-10-7-17(8-11-19)25-31-26-23-22(18-5-3-13-29-14-18)21-12-9-16-4-1-2-6-20(16)24(21)34-27(23)30-15-33(26)32-25/h1-15,22H,28H2. The van der Waals surface area contributed by atoms with Gasteiger partial charge in [-0.05, 0) is 41.3 Å². The second-order valence-corrected chi connectivity index (χ2v) is 8.32. The predicted molar refractivity (Wildman–Crippen MR) is 130 cm³/mol. The second kappa shape index (κ2) is 7.11. The summed E-state index contributed by atoms with van der Waals surface area (Å²) in [5.41, 5.74) is 11.1. The molecule has 7 nitrogen and oxygen atoms in total. The van der Waals surface area contributed by atoms with Gasteiger partial charge in [0, 0.05) is 40.5 Å². The van der Waals surface area contributed by atoms with Crippen LogP contribution in [0.25, 0.3) is 27.8 Å². The lowest BCUT2D eigenvalue weighted by atomic mass is 9.83. The number of nitrogens with two attached hydrogens (primary N) is 1. The molecule has 0 bridgehead atoms. The van der Waals surface area contributed by atoms with Crippen molar-refractivity contribution in [3.63, 3.8) is 0 Å². The first-order valence-electron chi connectivity index (χ1n) is 11.0. The smallest absolute Gasteiger partial charge is 0.228 e. The van der Waals surface area contributed by atoms with Crippen LogP contribution in [0.5, 0.6) is 11.6 Å². The van der Waals surface area contributed by atoms with Crippen LogP contribution >= 0.6 is 0 Å². The van der Waals surface area contributed by atoms with Gasteiger partial charge in [-0.15, -0.1) is 5.10 Å². The molecule has 2 N–H and O–H groups in total. The zero-order valence-corrected chi connectivity index (χ0v) is 18.0. The van der Waals surface area contributed by atoms with Gasteiger partial charge in [0.1, 0.15) is 12.1 Å². The number of rotatable bonds is 2. The lowest BCUT2D eigenvalue weighted by Gasteiger charge is -2.28. The number of hydrogen-bond donors (Lipinski definition) is 1. The molecular weight excluding hydrogens is 424 g/mol. The van der Waals surface area contributed by atoms with Gasteiger partial charge < -0.3 is 10.5 Å². The summed E-state index contributed by atoms with van der Waals surface area (Å²) in [4.78, 5) is 13.9. The van der Waals surface area contributed by atoms with Gasteiger partial charge in [-0.2, -0.15) is 0 Å². The van der Waals surface area contributed by atoms with Crippen molar-refractivity contribution in [3.05, 3.63) is 108 Å². The minimum absolute atomic E-state index is 0.156. The van der Waals surface area contributed by atoms with Gasteiger partial charge in [0.2, 0.25) is 5.88 Å². The minimum Gasteiger partial charge on any atom is -0.438 e. The molecule has 162 valence electrons. The van der Waals surface area contributed by atoms with Crippen molar-refractivity contribution in [2.45, 2.75) is 5.92 Å². The molecule has 4 heterocycles. The highest BCUT2D eigenvalue weighted by Crippen LogP contribution is 2.50. The molecule has 1 aliphatic heterocycles. The fourth-order valence-corrected chi connectivity index (χ4v) is 4.69. The molecule has 0 radical (unpaired) electrons. The van der Waals surface area contributed by atoms with Gasteiger partial charge in [0.15, 0.2) is 11.5 Å². The van der Waals surface area contributed by atoms with Crippen molar-refractivity contribution in [3.8, 4) is 23.0 Å². The Hall–Kier alpha value is -4.78. The monoisotopic (exact) mass is 442 g/mol. The molecule has 1 atom stereocenters. The van der Waals surface area contributed by atoms with E-state index in [1.807, 2.05) is 48.7 Å². The van der Waals surface area contributed by atoms with Crippen LogP contribution in [0.3, 0.4) is 0 Å². The van der Waals surface area contributed by atoms with Crippen molar-refractivity contribution in [1.82, 2.24) is 24.6 Å². The number of anilines is 1. The lowest BCUT2D eigenvalue weighted by molar-refractivity contribution is 0.437. The average Bonchev–Trinajstić information content (AvgIpc) is 3.33. The summed E-state index contributed by atoms with van der Waals surface area (Å²) in [5.74, 6) is 1.79. The average molecular weight is 442 g/mol. The maximum atomic E-state index is 6.45. The third-order valence-corrected chi connectivity index (χ3v) is 6.28. The largest absolute Gasteiger partial charge is 0.438 e. The maximum Gasteiger partial charge on any atom is 0.228 e. The van der Waals surface area contributed by atoms with Crippen LogP contribution in [0.1, 0.15) is 22.6 Å². The van der Waals surface area contributed by atoms with Gasteiger partial charge in [-0.25, -0.2) is 14.5 Å². The van der Waals surface area contributed by atoms with Crippen LogP contribution in [0.15, 0.2) is 91.5 Å². The van der Waals surface area contributed by atoms with E-state index in [1.54, 1.807) is 17.0 Å². The topological polar surface area (TPSA) is 91.2 Å². The Bertz CT molecular complexity index is 1690. The molecule has 34 heavy (non-hydrogen) atoms. The molecule has 1 aliphatic rings. The minimum atomic E-state index is -0.156. The maximum absolute atomic E-state index is 6.45. The molecule has 0 spiro atoms. The van der Waals surface area contributed by atoms with E-state index >= 15 is 0 Å². The van der Waals surface area contributed by atoms with E-state index in [4.69, 9.17) is 15.5 Å². The number of aromatic nitrogens is 5. The third kappa shape index (κ3) is 2.77. The Morgan fingerprint density at radius 2 is 1.79 bits per heavy atom. The molecule has 0 aliphatic carbocycles. The Morgan fingerprint density at radius 1 is 0.912 bits per heavy atom. The molecule has 7 heteroatoms. The molecule has 3 aromatic heterocycles. The number of pyridine rings is 1. The van der Waals surface area contributed by atoms with Crippen molar-refractivity contribution in [2.24, 2.45) is 0 Å². The summed E-state index contributed by atoms with van der Waals surface area (Å²) in [5, 5.41) is 6.85. The van der Waals surface area contributed by atoms with E-state index in [0.717, 1.165) is 38.8 Å².